The van der Waals surface area contributed by atoms with E-state index in [-0.39, 0.29) is 18.8 Å². The number of hydrogen-bond donors (Lipinski definition) is 2. The summed E-state index contributed by atoms with van der Waals surface area (Å²) in [5.41, 5.74) is 1.28. The molecular weight excluding hydrogens is 412 g/mol. The summed E-state index contributed by atoms with van der Waals surface area (Å²) in [6.07, 6.45) is 1.58. The van der Waals surface area contributed by atoms with Crippen molar-refractivity contribution in [1.29, 1.82) is 0 Å². The zero-order valence-corrected chi connectivity index (χ0v) is 16.3. The first-order chi connectivity index (χ1) is 13.0. The molecule has 0 spiro atoms. The number of amides is 2. The van der Waals surface area contributed by atoms with Crippen LogP contribution in [-0.2, 0) is 14.3 Å². The van der Waals surface area contributed by atoms with Gasteiger partial charge in [0.2, 0.25) is 0 Å². The number of halogens is 1. The summed E-state index contributed by atoms with van der Waals surface area (Å²) in [5, 5.41) is 5.26. The van der Waals surface area contributed by atoms with Crippen molar-refractivity contribution < 1.29 is 19.1 Å². The molecule has 0 heterocycles. The fraction of sp³-hybridized carbons (Fsp3) is 0.150. The number of carbonyl (C=O) groups is 3. The Hall–Kier alpha value is -2.93. The highest BCUT2D eigenvalue weighted by Gasteiger charge is 2.14. The predicted octanol–water partition coefficient (Wildman–Crippen LogP) is 2.90. The second-order valence-electron chi connectivity index (χ2n) is 5.53. The van der Waals surface area contributed by atoms with E-state index in [9.17, 15) is 14.4 Å². The second-order valence-corrected chi connectivity index (χ2v) is 6.44. The summed E-state index contributed by atoms with van der Waals surface area (Å²) < 4.78 is 5.64. The molecule has 0 fully saturated rings. The van der Waals surface area contributed by atoms with E-state index >= 15 is 0 Å². The first-order valence-corrected chi connectivity index (χ1v) is 9.00. The van der Waals surface area contributed by atoms with Crippen LogP contribution >= 0.6 is 15.9 Å². The standard InChI is InChI=1S/C20H19BrN2O4/c1-14(24)27-12-11-22-20(26)18(13-15-5-3-2-4-6-15)23-19(25)16-7-9-17(21)10-8-16/h2-10,13H,11-12H2,1H3,(H,22,26)(H,23,25). The highest BCUT2D eigenvalue weighted by molar-refractivity contribution is 9.10. The molecule has 2 aromatic rings. The molecule has 0 saturated heterocycles. The molecule has 140 valence electrons. The van der Waals surface area contributed by atoms with Crippen molar-refractivity contribution in [3.8, 4) is 0 Å². The van der Waals surface area contributed by atoms with Gasteiger partial charge in [0.05, 0.1) is 6.54 Å². The molecule has 2 N–H and O–H groups in total. The Morgan fingerprint density at radius 2 is 1.70 bits per heavy atom. The maximum absolute atomic E-state index is 12.5. The van der Waals surface area contributed by atoms with Gasteiger partial charge in [-0.1, -0.05) is 46.3 Å². The van der Waals surface area contributed by atoms with Gasteiger partial charge >= 0.3 is 5.97 Å². The Bertz CT molecular complexity index is 833. The van der Waals surface area contributed by atoms with Crippen molar-refractivity contribution >= 4 is 39.8 Å². The molecule has 0 bridgehead atoms. The van der Waals surface area contributed by atoms with Gasteiger partial charge in [-0.05, 0) is 35.9 Å². The van der Waals surface area contributed by atoms with Crippen LogP contribution in [0.2, 0.25) is 0 Å². The van der Waals surface area contributed by atoms with Crippen molar-refractivity contribution in [2.75, 3.05) is 13.2 Å². The molecule has 6 nitrogen and oxygen atoms in total. The molecule has 0 aliphatic carbocycles. The van der Waals surface area contributed by atoms with Crippen LogP contribution in [0.1, 0.15) is 22.8 Å². The largest absolute Gasteiger partial charge is 0.464 e. The minimum Gasteiger partial charge on any atom is -0.464 e. The van der Waals surface area contributed by atoms with Gasteiger partial charge in [0.25, 0.3) is 11.8 Å². The smallest absolute Gasteiger partial charge is 0.302 e. The maximum atomic E-state index is 12.5. The molecule has 0 aromatic heterocycles. The fourth-order valence-electron chi connectivity index (χ4n) is 2.12. The summed E-state index contributed by atoms with van der Waals surface area (Å²) in [7, 11) is 0. The van der Waals surface area contributed by atoms with Gasteiger partial charge in [-0.25, -0.2) is 0 Å². The highest BCUT2D eigenvalue weighted by Crippen LogP contribution is 2.11. The molecule has 0 atom stereocenters. The number of rotatable bonds is 7. The topological polar surface area (TPSA) is 84.5 Å². The Kier molecular flexibility index (Phi) is 7.76. The second kappa shape index (κ2) is 10.3. The van der Waals surface area contributed by atoms with E-state index in [2.05, 4.69) is 26.6 Å². The lowest BCUT2D eigenvalue weighted by atomic mass is 10.1. The molecule has 2 amide bonds. The van der Waals surface area contributed by atoms with Crippen LogP contribution in [0.3, 0.4) is 0 Å². The zero-order chi connectivity index (χ0) is 19.6. The van der Waals surface area contributed by atoms with E-state index < -0.39 is 17.8 Å². The predicted molar refractivity (Wildman–Crippen MR) is 106 cm³/mol. The van der Waals surface area contributed by atoms with Crippen molar-refractivity contribution in [2.24, 2.45) is 0 Å². The molecule has 7 heteroatoms. The van der Waals surface area contributed by atoms with Crippen LogP contribution in [0.5, 0.6) is 0 Å². The van der Waals surface area contributed by atoms with Gasteiger partial charge in [-0.3, -0.25) is 14.4 Å². The third-order valence-corrected chi connectivity index (χ3v) is 3.93. The van der Waals surface area contributed by atoms with Crippen molar-refractivity contribution in [2.45, 2.75) is 6.92 Å². The summed E-state index contributed by atoms with van der Waals surface area (Å²) in [6, 6.07) is 15.9. The first-order valence-electron chi connectivity index (χ1n) is 8.21. The lowest BCUT2D eigenvalue weighted by Gasteiger charge is -2.11. The summed E-state index contributed by atoms with van der Waals surface area (Å²) in [4.78, 5) is 35.7. The van der Waals surface area contributed by atoms with Gasteiger partial charge in [0, 0.05) is 17.0 Å². The van der Waals surface area contributed by atoms with Crippen LogP contribution < -0.4 is 10.6 Å². The molecule has 2 aromatic carbocycles. The molecule has 0 aliphatic rings. The lowest BCUT2D eigenvalue weighted by Crippen LogP contribution is -2.36. The number of nitrogens with one attached hydrogen (secondary N) is 2. The normalized spacial score (nSPS) is 10.8. The van der Waals surface area contributed by atoms with Gasteiger partial charge in [0.15, 0.2) is 0 Å². The molecule has 0 radical (unpaired) electrons. The minimum absolute atomic E-state index is 0.0559. The average molecular weight is 431 g/mol. The fourth-order valence-corrected chi connectivity index (χ4v) is 2.39. The molecule has 2 rings (SSSR count). The molecule has 0 aliphatic heterocycles. The van der Waals surface area contributed by atoms with E-state index in [1.165, 1.54) is 6.92 Å². The number of esters is 1. The number of hydrogen-bond acceptors (Lipinski definition) is 4. The van der Waals surface area contributed by atoms with Crippen molar-refractivity contribution in [1.82, 2.24) is 10.6 Å². The summed E-state index contributed by atoms with van der Waals surface area (Å²) >= 11 is 3.32. The lowest BCUT2D eigenvalue weighted by molar-refractivity contribution is -0.141. The maximum Gasteiger partial charge on any atom is 0.302 e. The Morgan fingerprint density at radius 3 is 2.33 bits per heavy atom. The Morgan fingerprint density at radius 1 is 1.04 bits per heavy atom. The number of carbonyl (C=O) groups excluding carboxylic acids is 3. The van der Waals surface area contributed by atoms with Gasteiger partial charge < -0.3 is 15.4 Å². The van der Waals surface area contributed by atoms with E-state index in [0.29, 0.717) is 5.56 Å². The quantitative estimate of drug-likeness (QED) is 0.401. The first kappa shape index (κ1) is 20.4. The third kappa shape index (κ3) is 7.07. The van der Waals surface area contributed by atoms with Gasteiger partial charge in [-0.15, -0.1) is 0 Å². The number of benzene rings is 2. The van der Waals surface area contributed by atoms with E-state index in [4.69, 9.17) is 4.74 Å². The van der Waals surface area contributed by atoms with Gasteiger partial charge in [0.1, 0.15) is 12.3 Å². The monoisotopic (exact) mass is 430 g/mol. The number of ether oxygens (including phenoxy) is 1. The Labute approximate surface area is 165 Å². The molecule has 27 heavy (non-hydrogen) atoms. The third-order valence-electron chi connectivity index (χ3n) is 3.40. The van der Waals surface area contributed by atoms with Crippen LogP contribution in [-0.4, -0.2) is 30.9 Å². The van der Waals surface area contributed by atoms with Crippen LogP contribution in [0, 0.1) is 0 Å². The van der Waals surface area contributed by atoms with E-state index in [0.717, 1.165) is 10.0 Å². The van der Waals surface area contributed by atoms with Crippen LogP contribution in [0.4, 0.5) is 0 Å². The zero-order valence-electron chi connectivity index (χ0n) is 14.7. The summed E-state index contributed by atoms with van der Waals surface area (Å²) in [5.74, 6) is -1.30. The van der Waals surface area contributed by atoms with Crippen LogP contribution in [0.25, 0.3) is 6.08 Å². The SMILES string of the molecule is CC(=O)OCCNC(=O)C(=Cc1ccccc1)NC(=O)c1ccc(Br)cc1. The van der Waals surface area contributed by atoms with Gasteiger partial charge in [-0.2, -0.15) is 0 Å². The average Bonchev–Trinajstić information content (AvgIpc) is 2.65. The van der Waals surface area contributed by atoms with Crippen molar-refractivity contribution in [3.05, 3.63) is 75.9 Å². The van der Waals surface area contributed by atoms with E-state index in [1.54, 1.807) is 30.3 Å². The molecule has 0 saturated carbocycles. The van der Waals surface area contributed by atoms with Crippen LogP contribution in [0.15, 0.2) is 64.8 Å². The highest BCUT2D eigenvalue weighted by atomic mass is 79.9. The Balaban J connectivity index is 2.13. The molecule has 0 unspecified atom stereocenters. The molecular formula is C20H19BrN2O4. The summed E-state index contributed by atoms with van der Waals surface area (Å²) in [6.45, 7) is 1.49. The minimum atomic E-state index is -0.475. The van der Waals surface area contributed by atoms with Crippen molar-refractivity contribution in [3.63, 3.8) is 0 Å². The van der Waals surface area contributed by atoms with E-state index in [1.807, 2.05) is 30.3 Å².